The van der Waals surface area contributed by atoms with Crippen LogP contribution < -0.4 is 5.32 Å². The molecule has 1 aromatic rings. The molecule has 1 amide bonds. The van der Waals surface area contributed by atoms with Crippen LogP contribution in [0.25, 0.3) is 0 Å². The summed E-state index contributed by atoms with van der Waals surface area (Å²) in [5.41, 5.74) is 0.458. The number of carbonyl (C=O) groups is 1. The maximum atomic E-state index is 13.1. The number of amides is 1. The second-order valence-corrected chi connectivity index (χ2v) is 9.37. The number of halogens is 3. The average Bonchev–Trinajstić information content (AvgIpc) is 3.20. The summed E-state index contributed by atoms with van der Waals surface area (Å²) >= 11 is 0. The lowest BCUT2D eigenvalue weighted by Crippen LogP contribution is -2.40. The van der Waals surface area contributed by atoms with E-state index in [0.29, 0.717) is 36.3 Å². The van der Waals surface area contributed by atoms with Crippen molar-refractivity contribution in [2.45, 2.75) is 96.9 Å². The minimum absolute atomic E-state index is 0.0379. The summed E-state index contributed by atoms with van der Waals surface area (Å²) in [5.74, 6) is 0.831. The minimum Gasteiger partial charge on any atom is -0.338 e. The summed E-state index contributed by atoms with van der Waals surface area (Å²) in [7, 11) is 0. The van der Waals surface area contributed by atoms with E-state index in [2.05, 4.69) is 31.1 Å². The van der Waals surface area contributed by atoms with E-state index < -0.39 is 11.7 Å². The Morgan fingerprint density at radius 3 is 2.68 bits per heavy atom. The van der Waals surface area contributed by atoms with Gasteiger partial charge in [0.1, 0.15) is 0 Å². The highest BCUT2D eigenvalue weighted by Crippen LogP contribution is 2.33. The highest BCUT2D eigenvalue weighted by atomic mass is 19.4. The molecule has 2 aliphatic rings. The van der Waals surface area contributed by atoms with Crippen LogP contribution in [0.2, 0.25) is 0 Å². The van der Waals surface area contributed by atoms with Crippen LogP contribution in [0.4, 0.5) is 13.2 Å². The molecule has 1 fully saturated rings. The van der Waals surface area contributed by atoms with Crippen LogP contribution in [0.5, 0.6) is 0 Å². The average molecular weight is 440 g/mol. The third kappa shape index (κ3) is 6.21. The molecule has 1 N–H and O–H groups in total. The van der Waals surface area contributed by atoms with Crippen LogP contribution in [0, 0.1) is 11.8 Å². The van der Waals surface area contributed by atoms with Crippen molar-refractivity contribution >= 4 is 5.91 Å². The summed E-state index contributed by atoms with van der Waals surface area (Å²) in [6.07, 6.45) is 4.48. The molecule has 0 radical (unpaired) electrons. The fourth-order valence-corrected chi connectivity index (χ4v) is 5.05. The molecule has 0 bridgehead atoms. The third-order valence-electron chi connectivity index (χ3n) is 7.14. The molecule has 2 heterocycles. The topological polar surface area (TPSA) is 45.2 Å². The lowest BCUT2D eigenvalue weighted by molar-refractivity contribution is -0.137. The Morgan fingerprint density at radius 1 is 1.26 bits per heavy atom. The number of hydrogen-bond donors (Lipinski definition) is 1. The molecule has 1 saturated carbocycles. The van der Waals surface area contributed by atoms with Gasteiger partial charge in [-0.25, -0.2) is 0 Å². The number of hydrogen-bond acceptors (Lipinski definition) is 3. The Kier molecular flexibility index (Phi) is 8.00. The summed E-state index contributed by atoms with van der Waals surface area (Å²) in [5, 5.41) is 3.70. The molecular weight excluding hydrogens is 403 g/mol. The molecule has 3 atom stereocenters. The molecule has 174 valence electrons. The van der Waals surface area contributed by atoms with Crippen molar-refractivity contribution in [3.05, 3.63) is 29.1 Å². The van der Waals surface area contributed by atoms with Gasteiger partial charge in [-0.15, -0.1) is 0 Å². The maximum Gasteiger partial charge on any atom is 0.417 e. The van der Waals surface area contributed by atoms with Crippen molar-refractivity contribution in [2.75, 3.05) is 6.54 Å². The monoisotopic (exact) mass is 439 g/mol. The predicted molar refractivity (Wildman–Crippen MR) is 115 cm³/mol. The number of pyridine rings is 1. The largest absolute Gasteiger partial charge is 0.417 e. The Bertz CT molecular complexity index is 748. The predicted octanol–water partition coefficient (Wildman–Crippen LogP) is 5.35. The fraction of sp³-hybridized carbons (Fsp3) is 0.750. The first kappa shape index (κ1) is 24.0. The van der Waals surface area contributed by atoms with Crippen molar-refractivity contribution in [1.82, 2.24) is 15.2 Å². The van der Waals surface area contributed by atoms with Crippen LogP contribution >= 0.6 is 0 Å². The van der Waals surface area contributed by atoms with Crippen LogP contribution in [0.3, 0.4) is 0 Å². The number of alkyl halides is 3. The van der Waals surface area contributed by atoms with Gasteiger partial charge >= 0.3 is 6.18 Å². The van der Waals surface area contributed by atoms with Crippen LogP contribution in [-0.4, -0.2) is 34.4 Å². The van der Waals surface area contributed by atoms with E-state index >= 15 is 0 Å². The lowest BCUT2D eigenvalue weighted by Gasteiger charge is -2.31. The van der Waals surface area contributed by atoms with E-state index in [4.69, 9.17) is 0 Å². The summed E-state index contributed by atoms with van der Waals surface area (Å²) < 4.78 is 39.1. The fourth-order valence-electron chi connectivity index (χ4n) is 5.05. The van der Waals surface area contributed by atoms with Crippen molar-refractivity contribution in [2.24, 2.45) is 11.8 Å². The molecule has 1 aliphatic carbocycles. The molecule has 3 rings (SSSR count). The first-order valence-electron chi connectivity index (χ1n) is 11.8. The van der Waals surface area contributed by atoms with E-state index in [-0.39, 0.29) is 18.4 Å². The molecule has 1 aliphatic heterocycles. The van der Waals surface area contributed by atoms with Crippen LogP contribution in [0.15, 0.2) is 12.3 Å². The zero-order chi connectivity index (χ0) is 22.6. The van der Waals surface area contributed by atoms with Gasteiger partial charge in [-0.3, -0.25) is 9.78 Å². The second-order valence-electron chi connectivity index (χ2n) is 9.37. The van der Waals surface area contributed by atoms with E-state index in [1.807, 2.05) is 0 Å². The Labute approximate surface area is 184 Å². The second kappa shape index (κ2) is 10.3. The molecule has 4 nitrogen and oxygen atoms in total. The van der Waals surface area contributed by atoms with Crippen molar-refractivity contribution in [1.29, 1.82) is 0 Å². The van der Waals surface area contributed by atoms with Crippen LogP contribution in [-0.2, 0) is 23.9 Å². The van der Waals surface area contributed by atoms with E-state index in [0.717, 1.165) is 43.9 Å². The number of carbonyl (C=O) groups excluding carboxylic acids is 1. The first-order valence-corrected chi connectivity index (χ1v) is 11.8. The Hall–Kier alpha value is -1.63. The van der Waals surface area contributed by atoms with Gasteiger partial charge in [0.25, 0.3) is 0 Å². The summed E-state index contributed by atoms with van der Waals surface area (Å²) in [6.45, 7) is 7.48. The zero-order valence-electron chi connectivity index (χ0n) is 19.0. The Balaban J connectivity index is 1.51. The number of rotatable bonds is 8. The van der Waals surface area contributed by atoms with Gasteiger partial charge in [0.05, 0.1) is 5.56 Å². The zero-order valence-corrected chi connectivity index (χ0v) is 19.0. The molecule has 3 unspecified atom stereocenters. The Morgan fingerprint density at radius 2 is 2.00 bits per heavy atom. The molecule has 7 heteroatoms. The van der Waals surface area contributed by atoms with Gasteiger partial charge in [0.15, 0.2) is 0 Å². The van der Waals surface area contributed by atoms with Crippen molar-refractivity contribution in [3.63, 3.8) is 0 Å². The van der Waals surface area contributed by atoms with E-state index in [1.54, 1.807) is 4.90 Å². The standard InChI is InChI=1S/C24H36F3N3O/c1-4-17(5-2)7-6-16(3)29-21-9-8-18(13-21)23(31)30-11-10-22-19(15-30)12-20(14-28-22)24(25,26)27/h12,14,16-18,21,29H,4-11,13,15H2,1-3H3. The van der Waals surface area contributed by atoms with Gasteiger partial charge in [-0.2, -0.15) is 13.2 Å². The SMILES string of the molecule is CCC(CC)CCC(C)NC1CCC(C(=O)N2CCc3ncc(C(F)(F)F)cc3C2)C1. The van der Waals surface area contributed by atoms with Crippen molar-refractivity contribution < 1.29 is 18.0 Å². The summed E-state index contributed by atoms with van der Waals surface area (Å²) in [6, 6.07) is 1.94. The van der Waals surface area contributed by atoms with E-state index in [1.165, 1.54) is 19.3 Å². The van der Waals surface area contributed by atoms with Crippen LogP contribution in [0.1, 0.15) is 82.5 Å². The minimum atomic E-state index is -4.41. The quantitative estimate of drug-likeness (QED) is 0.594. The number of nitrogens with zero attached hydrogens (tertiary/aromatic N) is 2. The number of fused-ring (bicyclic) bond motifs is 1. The highest BCUT2D eigenvalue weighted by Gasteiger charge is 2.36. The normalized spacial score (nSPS) is 22.6. The highest BCUT2D eigenvalue weighted by molar-refractivity contribution is 5.79. The third-order valence-corrected chi connectivity index (χ3v) is 7.14. The van der Waals surface area contributed by atoms with Crippen molar-refractivity contribution in [3.8, 4) is 0 Å². The number of aromatic nitrogens is 1. The molecule has 31 heavy (non-hydrogen) atoms. The smallest absolute Gasteiger partial charge is 0.338 e. The van der Waals surface area contributed by atoms with Gasteiger partial charge in [0, 0.05) is 49.4 Å². The molecule has 0 aromatic carbocycles. The van der Waals surface area contributed by atoms with Gasteiger partial charge in [0.2, 0.25) is 5.91 Å². The summed E-state index contributed by atoms with van der Waals surface area (Å²) in [4.78, 5) is 18.8. The molecular formula is C24H36F3N3O. The maximum absolute atomic E-state index is 13.1. The molecule has 0 saturated heterocycles. The lowest BCUT2D eigenvalue weighted by atomic mass is 9.95. The number of nitrogens with one attached hydrogen (secondary N) is 1. The van der Waals surface area contributed by atoms with Gasteiger partial charge in [-0.1, -0.05) is 26.7 Å². The molecule has 0 spiro atoms. The van der Waals surface area contributed by atoms with Gasteiger partial charge < -0.3 is 10.2 Å². The molecule has 1 aromatic heterocycles. The first-order chi connectivity index (χ1) is 14.7. The van der Waals surface area contributed by atoms with E-state index in [9.17, 15) is 18.0 Å². The van der Waals surface area contributed by atoms with Gasteiger partial charge in [-0.05, 0) is 56.6 Å².